The molecule has 182 valence electrons. The second-order valence-corrected chi connectivity index (χ2v) is 9.97. The number of amides is 1. The van der Waals surface area contributed by atoms with Crippen molar-refractivity contribution in [2.75, 3.05) is 20.2 Å². The molecule has 1 atom stereocenters. The lowest BCUT2D eigenvalue weighted by atomic mass is 10.0. The molecule has 2 N–H and O–H groups in total. The number of nitrogens with zero attached hydrogens (tertiary/aromatic N) is 6. The van der Waals surface area contributed by atoms with E-state index in [0.717, 1.165) is 65.3 Å². The fourth-order valence-electron chi connectivity index (χ4n) is 5.25. The van der Waals surface area contributed by atoms with Crippen molar-refractivity contribution >= 4 is 28.0 Å². The second kappa shape index (κ2) is 8.34. The molecule has 0 spiro atoms. The van der Waals surface area contributed by atoms with Crippen LogP contribution in [0.3, 0.4) is 0 Å². The van der Waals surface area contributed by atoms with E-state index in [1.165, 1.54) is 12.8 Å². The van der Waals surface area contributed by atoms with E-state index in [9.17, 15) is 4.79 Å². The number of aryl methyl sites for hydroxylation is 2. The Labute approximate surface area is 203 Å². The van der Waals surface area contributed by atoms with Crippen LogP contribution >= 0.6 is 0 Å². The molecular weight excluding hydrogens is 442 g/mol. The van der Waals surface area contributed by atoms with Crippen LogP contribution in [0.15, 0.2) is 24.4 Å². The van der Waals surface area contributed by atoms with Gasteiger partial charge in [-0.15, -0.1) is 0 Å². The fraction of sp³-hybridized carbons (Fsp3) is 0.462. The number of nitrogens with two attached hydrogens (primary N) is 1. The third kappa shape index (κ3) is 3.83. The van der Waals surface area contributed by atoms with Gasteiger partial charge in [0, 0.05) is 49.9 Å². The van der Waals surface area contributed by atoms with Crippen LogP contribution in [-0.2, 0) is 13.6 Å². The minimum Gasteiger partial charge on any atom is -0.494 e. The number of methoxy groups -OCH3 is 1. The molecule has 1 aliphatic heterocycles. The number of fused-ring (bicyclic) bond motifs is 2. The molecule has 6 rings (SSSR count). The first-order valence-electron chi connectivity index (χ1n) is 12.4. The van der Waals surface area contributed by atoms with Gasteiger partial charge in [-0.25, -0.2) is 15.0 Å². The Bertz CT molecular complexity index is 1450. The summed E-state index contributed by atoms with van der Waals surface area (Å²) in [6.07, 6.45) is 6.24. The molecular formula is C26H31N7O2. The van der Waals surface area contributed by atoms with Crippen molar-refractivity contribution in [2.45, 2.75) is 45.2 Å². The van der Waals surface area contributed by atoms with Gasteiger partial charge in [-0.05, 0) is 56.7 Å². The summed E-state index contributed by atoms with van der Waals surface area (Å²) in [5.41, 5.74) is 10.2. The number of carbonyl (C=O) groups is 1. The van der Waals surface area contributed by atoms with Crippen molar-refractivity contribution in [1.82, 2.24) is 29.0 Å². The third-order valence-electron chi connectivity index (χ3n) is 7.27. The van der Waals surface area contributed by atoms with E-state index in [4.69, 9.17) is 20.4 Å². The molecule has 3 aromatic heterocycles. The maximum absolute atomic E-state index is 13.3. The largest absolute Gasteiger partial charge is 0.494 e. The zero-order valence-corrected chi connectivity index (χ0v) is 20.5. The average Bonchev–Trinajstić information content (AvgIpc) is 3.53. The van der Waals surface area contributed by atoms with Crippen molar-refractivity contribution in [2.24, 2.45) is 18.7 Å². The molecule has 2 aliphatic rings. The molecule has 9 nitrogen and oxygen atoms in total. The van der Waals surface area contributed by atoms with Crippen molar-refractivity contribution in [1.29, 1.82) is 0 Å². The maximum Gasteiger partial charge on any atom is 0.254 e. The summed E-state index contributed by atoms with van der Waals surface area (Å²) in [6.45, 7) is 4.13. The van der Waals surface area contributed by atoms with E-state index >= 15 is 0 Å². The van der Waals surface area contributed by atoms with Crippen molar-refractivity contribution in [3.63, 3.8) is 0 Å². The van der Waals surface area contributed by atoms with Crippen LogP contribution in [0.2, 0.25) is 0 Å². The molecule has 1 saturated carbocycles. The van der Waals surface area contributed by atoms with Crippen molar-refractivity contribution < 1.29 is 9.53 Å². The number of imidazole rings is 1. The van der Waals surface area contributed by atoms with E-state index in [-0.39, 0.29) is 11.9 Å². The van der Waals surface area contributed by atoms with Gasteiger partial charge in [0.2, 0.25) is 0 Å². The highest BCUT2D eigenvalue weighted by molar-refractivity contribution is 6.00. The summed E-state index contributed by atoms with van der Waals surface area (Å²) in [4.78, 5) is 29.3. The highest BCUT2D eigenvalue weighted by Crippen LogP contribution is 2.37. The van der Waals surface area contributed by atoms with Gasteiger partial charge in [-0.3, -0.25) is 4.79 Å². The van der Waals surface area contributed by atoms with Crippen LogP contribution in [-0.4, -0.2) is 61.1 Å². The summed E-state index contributed by atoms with van der Waals surface area (Å²) >= 11 is 0. The van der Waals surface area contributed by atoms with E-state index in [2.05, 4.69) is 20.2 Å². The first-order valence-corrected chi connectivity index (χ1v) is 12.4. The van der Waals surface area contributed by atoms with Crippen molar-refractivity contribution in [3.05, 3.63) is 35.8 Å². The number of ether oxygens (including phenoxy) is 1. The smallest absolute Gasteiger partial charge is 0.254 e. The Morgan fingerprint density at radius 1 is 1.20 bits per heavy atom. The SMILES string of the molecule is COc1cc(C(=O)N2CCC[C@@H](N)C2)cc2nc(-c3cc4cnc(C)nc4n3CC3CC3)n(C)c12. The zero-order chi connectivity index (χ0) is 24.3. The number of rotatable bonds is 5. The number of hydrogen-bond acceptors (Lipinski definition) is 6. The normalized spacial score (nSPS) is 18.5. The first-order chi connectivity index (χ1) is 16.9. The molecule has 0 unspecified atom stereocenters. The van der Waals surface area contributed by atoms with Gasteiger partial charge < -0.3 is 24.5 Å². The van der Waals surface area contributed by atoms with Gasteiger partial charge in [0.05, 0.1) is 18.3 Å². The minimum absolute atomic E-state index is 0.0267. The highest BCUT2D eigenvalue weighted by Gasteiger charge is 2.28. The number of carbonyl (C=O) groups excluding carboxylic acids is 1. The Hall–Kier alpha value is -3.46. The van der Waals surface area contributed by atoms with Gasteiger partial charge in [0.15, 0.2) is 5.82 Å². The van der Waals surface area contributed by atoms with E-state index in [1.54, 1.807) is 7.11 Å². The quantitative estimate of drug-likeness (QED) is 0.477. The van der Waals surface area contributed by atoms with E-state index in [1.807, 2.05) is 37.2 Å². The predicted octanol–water partition coefficient (Wildman–Crippen LogP) is 3.28. The van der Waals surface area contributed by atoms with Crippen LogP contribution in [0.25, 0.3) is 33.6 Å². The number of likely N-dealkylation sites (tertiary alicyclic amines) is 1. The van der Waals surface area contributed by atoms with Gasteiger partial charge >= 0.3 is 0 Å². The minimum atomic E-state index is -0.0267. The van der Waals surface area contributed by atoms with Crippen LogP contribution in [0, 0.1) is 12.8 Å². The molecule has 0 radical (unpaired) electrons. The second-order valence-electron chi connectivity index (χ2n) is 9.97. The molecule has 4 aromatic rings. The standard InChI is InChI=1S/C26H31N7O2/c1-15-28-12-18-10-21(33(24(18)29-15)13-16-6-7-16)25-30-20-9-17(11-22(35-3)23(20)31(25)2)26(34)32-8-4-5-19(27)14-32/h9-12,16,19H,4-8,13-14,27H2,1-3H3/t19-/m1/s1. The molecule has 0 bridgehead atoms. The number of hydrogen-bond donors (Lipinski definition) is 1. The average molecular weight is 474 g/mol. The summed E-state index contributed by atoms with van der Waals surface area (Å²) < 4.78 is 10.1. The topological polar surface area (TPSA) is 104 Å². The lowest BCUT2D eigenvalue weighted by Crippen LogP contribution is -2.45. The van der Waals surface area contributed by atoms with Gasteiger partial charge in [0.1, 0.15) is 22.7 Å². The molecule has 1 saturated heterocycles. The lowest BCUT2D eigenvalue weighted by Gasteiger charge is -2.30. The summed E-state index contributed by atoms with van der Waals surface area (Å²) in [5.74, 6) is 2.85. The monoisotopic (exact) mass is 473 g/mol. The van der Waals surface area contributed by atoms with Gasteiger partial charge in [-0.2, -0.15) is 0 Å². The molecule has 35 heavy (non-hydrogen) atoms. The summed E-state index contributed by atoms with van der Waals surface area (Å²) in [7, 11) is 3.63. The van der Waals surface area contributed by atoms with Crippen molar-refractivity contribution in [3.8, 4) is 17.3 Å². The van der Waals surface area contributed by atoms with Gasteiger partial charge in [0.25, 0.3) is 5.91 Å². The van der Waals surface area contributed by atoms with Crippen LogP contribution in [0.5, 0.6) is 5.75 Å². The Balaban J connectivity index is 1.48. The number of benzene rings is 1. The Morgan fingerprint density at radius 2 is 2.03 bits per heavy atom. The lowest BCUT2D eigenvalue weighted by molar-refractivity contribution is 0.0708. The maximum atomic E-state index is 13.3. The summed E-state index contributed by atoms with van der Waals surface area (Å²) in [5, 5.41) is 1.00. The molecule has 9 heteroatoms. The molecule has 1 aromatic carbocycles. The first kappa shape index (κ1) is 22.0. The Morgan fingerprint density at radius 3 is 2.77 bits per heavy atom. The van der Waals surface area contributed by atoms with Crippen LogP contribution < -0.4 is 10.5 Å². The number of piperidine rings is 1. The zero-order valence-electron chi connectivity index (χ0n) is 20.5. The molecule has 2 fully saturated rings. The molecule has 1 amide bonds. The van der Waals surface area contributed by atoms with Crippen LogP contribution in [0.4, 0.5) is 0 Å². The van der Waals surface area contributed by atoms with E-state index < -0.39 is 0 Å². The Kier molecular flexibility index (Phi) is 5.25. The fourth-order valence-corrected chi connectivity index (χ4v) is 5.25. The van der Waals surface area contributed by atoms with Crippen LogP contribution in [0.1, 0.15) is 41.9 Å². The molecule has 4 heterocycles. The third-order valence-corrected chi connectivity index (χ3v) is 7.27. The predicted molar refractivity (Wildman–Crippen MR) is 134 cm³/mol. The molecule has 1 aliphatic carbocycles. The van der Waals surface area contributed by atoms with E-state index in [0.29, 0.717) is 23.8 Å². The highest BCUT2D eigenvalue weighted by atomic mass is 16.5. The number of aromatic nitrogens is 5. The summed E-state index contributed by atoms with van der Waals surface area (Å²) in [6, 6.07) is 5.85. The van der Waals surface area contributed by atoms with Gasteiger partial charge in [-0.1, -0.05) is 0 Å².